The number of methoxy groups -OCH3 is 1. The van der Waals surface area contributed by atoms with Crippen molar-refractivity contribution in [2.75, 3.05) is 7.11 Å². The van der Waals surface area contributed by atoms with E-state index in [0.717, 1.165) is 35.9 Å². The highest BCUT2D eigenvalue weighted by molar-refractivity contribution is 9.11. The van der Waals surface area contributed by atoms with E-state index in [1.807, 2.05) is 37.3 Å². The number of hydrogen-bond acceptors (Lipinski definition) is 2. The first kappa shape index (κ1) is 16.0. The number of aryl methyl sites for hydroxylation is 1. The van der Waals surface area contributed by atoms with Crippen molar-refractivity contribution >= 4 is 47.8 Å². The molecule has 2 rings (SSSR count). The van der Waals surface area contributed by atoms with E-state index in [4.69, 9.17) is 4.74 Å². The fraction of sp³-hybridized carbons (Fsp3) is 0.200. The van der Waals surface area contributed by atoms with Crippen molar-refractivity contribution in [2.24, 2.45) is 0 Å². The molecule has 0 radical (unpaired) electrons. The molecule has 1 unspecified atom stereocenters. The van der Waals surface area contributed by atoms with E-state index in [0.29, 0.717) is 0 Å². The summed E-state index contributed by atoms with van der Waals surface area (Å²) >= 11 is 10.4. The second kappa shape index (κ2) is 6.60. The average Bonchev–Trinajstić information content (AvgIpc) is 2.42. The Morgan fingerprint density at radius 2 is 1.70 bits per heavy atom. The fourth-order valence-electron chi connectivity index (χ4n) is 1.90. The molecule has 0 bridgehead atoms. The van der Waals surface area contributed by atoms with Crippen LogP contribution in [0.1, 0.15) is 22.8 Å². The molecule has 0 aromatic heterocycles. The van der Waals surface area contributed by atoms with Crippen LogP contribution in [0, 0.1) is 6.92 Å². The van der Waals surface area contributed by atoms with Crippen molar-refractivity contribution in [3.8, 4) is 5.75 Å². The molecule has 2 aromatic rings. The van der Waals surface area contributed by atoms with Crippen molar-refractivity contribution in [3.05, 3.63) is 60.4 Å². The smallest absolute Gasteiger partial charge is 0.133 e. The molecule has 0 aliphatic heterocycles. The number of rotatable bonds is 3. The predicted octanol–water partition coefficient (Wildman–Crippen LogP) is 5.37. The third-order valence-electron chi connectivity index (χ3n) is 3.06. The number of aliphatic hydroxyl groups excluding tert-OH is 1. The Labute approximate surface area is 143 Å². The molecule has 0 aliphatic carbocycles. The van der Waals surface area contributed by atoms with Gasteiger partial charge in [-0.05, 0) is 58.2 Å². The molecule has 5 heteroatoms. The van der Waals surface area contributed by atoms with E-state index >= 15 is 0 Å². The van der Waals surface area contributed by atoms with Gasteiger partial charge in [-0.3, -0.25) is 0 Å². The molecule has 2 aromatic carbocycles. The van der Waals surface area contributed by atoms with Crippen LogP contribution >= 0.6 is 47.8 Å². The summed E-state index contributed by atoms with van der Waals surface area (Å²) in [6, 6.07) is 9.47. The molecule has 106 valence electrons. The van der Waals surface area contributed by atoms with E-state index < -0.39 is 6.10 Å². The third kappa shape index (κ3) is 3.27. The number of ether oxygens (including phenoxy) is 1. The molecule has 0 amide bonds. The normalized spacial score (nSPS) is 12.3. The maximum atomic E-state index is 10.6. The zero-order valence-electron chi connectivity index (χ0n) is 11.0. The van der Waals surface area contributed by atoms with Gasteiger partial charge < -0.3 is 9.84 Å². The van der Waals surface area contributed by atoms with Crippen LogP contribution in [0.2, 0.25) is 0 Å². The second-order valence-electron chi connectivity index (χ2n) is 4.42. The summed E-state index contributed by atoms with van der Waals surface area (Å²) in [5.41, 5.74) is 2.73. The first-order chi connectivity index (χ1) is 9.43. The highest BCUT2D eigenvalue weighted by Gasteiger charge is 2.16. The van der Waals surface area contributed by atoms with Gasteiger partial charge in [0.05, 0.1) is 11.6 Å². The van der Waals surface area contributed by atoms with Gasteiger partial charge in [-0.1, -0.05) is 37.9 Å². The second-order valence-corrected chi connectivity index (χ2v) is 6.98. The lowest BCUT2D eigenvalue weighted by Gasteiger charge is -2.16. The Hall–Kier alpha value is -0.360. The summed E-state index contributed by atoms with van der Waals surface area (Å²) in [7, 11) is 1.61. The van der Waals surface area contributed by atoms with Gasteiger partial charge in [0.15, 0.2) is 0 Å². The van der Waals surface area contributed by atoms with Gasteiger partial charge in [0.25, 0.3) is 0 Å². The molecule has 0 spiro atoms. The van der Waals surface area contributed by atoms with E-state index in [2.05, 4.69) is 47.8 Å². The molecule has 2 nitrogen and oxygen atoms in total. The van der Waals surface area contributed by atoms with Gasteiger partial charge >= 0.3 is 0 Å². The summed E-state index contributed by atoms with van der Waals surface area (Å²) in [5.74, 6) is 0.741. The Morgan fingerprint density at radius 3 is 2.30 bits per heavy atom. The SMILES string of the molecule is COc1ccc(C(O)c2cc(Br)c(C)cc2Br)cc1Br. The van der Waals surface area contributed by atoms with Gasteiger partial charge in [0, 0.05) is 14.5 Å². The molecule has 1 N–H and O–H groups in total. The van der Waals surface area contributed by atoms with E-state index in [-0.39, 0.29) is 0 Å². The number of hydrogen-bond donors (Lipinski definition) is 1. The lowest BCUT2D eigenvalue weighted by Crippen LogP contribution is -2.02. The van der Waals surface area contributed by atoms with Gasteiger partial charge in [-0.2, -0.15) is 0 Å². The summed E-state index contributed by atoms with van der Waals surface area (Å²) in [6.45, 7) is 2.01. The van der Waals surface area contributed by atoms with Crippen molar-refractivity contribution in [3.63, 3.8) is 0 Å². The van der Waals surface area contributed by atoms with Gasteiger partial charge in [0.1, 0.15) is 11.9 Å². The minimum atomic E-state index is -0.705. The van der Waals surface area contributed by atoms with E-state index in [1.165, 1.54) is 0 Å². The first-order valence-corrected chi connectivity index (χ1v) is 8.29. The van der Waals surface area contributed by atoms with Crippen LogP contribution in [0.4, 0.5) is 0 Å². The molecular weight excluding hydrogens is 452 g/mol. The first-order valence-electron chi connectivity index (χ1n) is 5.91. The lowest BCUT2D eigenvalue weighted by molar-refractivity contribution is 0.219. The van der Waals surface area contributed by atoms with Gasteiger partial charge in [0.2, 0.25) is 0 Å². The summed E-state index contributed by atoms with van der Waals surface area (Å²) < 4.78 is 7.88. The van der Waals surface area contributed by atoms with Crippen LogP contribution in [-0.4, -0.2) is 12.2 Å². The van der Waals surface area contributed by atoms with Crippen molar-refractivity contribution < 1.29 is 9.84 Å². The van der Waals surface area contributed by atoms with Crippen LogP contribution in [0.3, 0.4) is 0 Å². The quantitative estimate of drug-likeness (QED) is 0.661. The van der Waals surface area contributed by atoms with Crippen LogP contribution < -0.4 is 4.74 Å². The van der Waals surface area contributed by atoms with Crippen molar-refractivity contribution in [2.45, 2.75) is 13.0 Å². The largest absolute Gasteiger partial charge is 0.496 e. The molecule has 0 saturated carbocycles. The molecular formula is C15H13Br3O2. The number of benzene rings is 2. The highest BCUT2D eigenvalue weighted by Crippen LogP contribution is 2.35. The summed E-state index contributed by atoms with van der Waals surface area (Å²) in [6.07, 6.45) is -0.705. The minimum Gasteiger partial charge on any atom is -0.496 e. The average molecular weight is 465 g/mol. The maximum absolute atomic E-state index is 10.6. The van der Waals surface area contributed by atoms with Crippen LogP contribution in [0.5, 0.6) is 5.75 Å². The zero-order valence-corrected chi connectivity index (χ0v) is 15.7. The monoisotopic (exact) mass is 462 g/mol. The Morgan fingerprint density at radius 1 is 1.00 bits per heavy atom. The molecule has 20 heavy (non-hydrogen) atoms. The Bertz CT molecular complexity index is 641. The highest BCUT2D eigenvalue weighted by atomic mass is 79.9. The Kier molecular flexibility index (Phi) is 5.29. The minimum absolute atomic E-state index is 0.705. The van der Waals surface area contributed by atoms with E-state index in [9.17, 15) is 5.11 Å². The van der Waals surface area contributed by atoms with E-state index in [1.54, 1.807) is 7.11 Å². The fourth-order valence-corrected chi connectivity index (χ4v) is 3.50. The van der Waals surface area contributed by atoms with Crippen molar-refractivity contribution in [1.82, 2.24) is 0 Å². The maximum Gasteiger partial charge on any atom is 0.133 e. The standard InChI is InChI=1S/C15H13Br3O2/c1-8-5-12(17)10(7-11(8)16)15(19)9-3-4-14(20-2)13(18)6-9/h3-7,15,19H,1-2H3. The summed E-state index contributed by atoms with van der Waals surface area (Å²) in [4.78, 5) is 0. The lowest BCUT2D eigenvalue weighted by atomic mass is 10.0. The molecule has 0 saturated heterocycles. The Balaban J connectivity index is 2.43. The molecule has 1 atom stereocenters. The topological polar surface area (TPSA) is 29.5 Å². The number of halogens is 3. The van der Waals surface area contributed by atoms with Crippen molar-refractivity contribution in [1.29, 1.82) is 0 Å². The van der Waals surface area contributed by atoms with Gasteiger partial charge in [-0.25, -0.2) is 0 Å². The summed E-state index contributed by atoms with van der Waals surface area (Å²) in [5, 5.41) is 10.6. The zero-order chi connectivity index (χ0) is 14.9. The van der Waals surface area contributed by atoms with Gasteiger partial charge in [-0.15, -0.1) is 0 Å². The molecule has 0 aliphatic rings. The van der Waals surface area contributed by atoms with Crippen LogP contribution in [0.15, 0.2) is 43.7 Å². The van der Waals surface area contributed by atoms with Crippen LogP contribution in [-0.2, 0) is 0 Å². The predicted molar refractivity (Wildman–Crippen MR) is 91.3 cm³/mol. The van der Waals surface area contributed by atoms with Crippen LogP contribution in [0.25, 0.3) is 0 Å². The number of aliphatic hydroxyl groups is 1. The third-order valence-corrected chi connectivity index (χ3v) is 5.22. The molecule has 0 heterocycles. The molecule has 0 fully saturated rings.